The smallest absolute Gasteiger partial charge is 0.231 e. The molecule has 2 atom stereocenters. The van der Waals surface area contributed by atoms with Gasteiger partial charge in [0, 0.05) is 12.5 Å². The molecule has 1 fully saturated rings. The first-order valence-corrected chi connectivity index (χ1v) is 10.0. The van der Waals surface area contributed by atoms with Crippen molar-refractivity contribution in [2.45, 2.75) is 35.2 Å². The molecule has 0 bridgehead atoms. The predicted octanol–water partition coefficient (Wildman–Crippen LogP) is 4.37. The summed E-state index contributed by atoms with van der Waals surface area (Å²) in [5, 5.41) is 1.92. The Bertz CT molecular complexity index is 807. The van der Waals surface area contributed by atoms with Gasteiger partial charge in [0.1, 0.15) is 0 Å². The number of nitrogens with one attached hydrogen (secondary N) is 1. The summed E-state index contributed by atoms with van der Waals surface area (Å²) >= 11 is 3.03. The lowest BCUT2D eigenvalue weighted by atomic mass is 10.1. The standard InChI is InChI=1S/C17H19BrFNO2S/c18-17(19)12-15(17)7-3-4-10-20-23(21,22)16-9-8-13-5-1-2-6-14(13)11-16/h1-2,5-6,8-9,11,15,20H,3-4,7,10,12H2. The molecular weight excluding hydrogens is 381 g/mol. The van der Waals surface area contributed by atoms with E-state index in [9.17, 15) is 12.8 Å². The molecule has 0 aromatic heterocycles. The molecule has 23 heavy (non-hydrogen) atoms. The van der Waals surface area contributed by atoms with Crippen molar-refractivity contribution >= 4 is 36.7 Å². The number of unbranched alkanes of at least 4 members (excludes halogenated alkanes) is 1. The van der Waals surface area contributed by atoms with Crippen LogP contribution in [-0.2, 0) is 10.0 Å². The highest BCUT2D eigenvalue weighted by molar-refractivity contribution is 9.10. The molecule has 6 heteroatoms. The fourth-order valence-corrected chi connectivity index (χ4v) is 4.45. The Balaban J connectivity index is 1.53. The summed E-state index contributed by atoms with van der Waals surface area (Å²) in [6.45, 7) is 0.378. The van der Waals surface area contributed by atoms with Crippen LogP contribution >= 0.6 is 15.9 Å². The van der Waals surface area contributed by atoms with Gasteiger partial charge in [-0.2, -0.15) is 0 Å². The van der Waals surface area contributed by atoms with Crippen molar-refractivity contribution in [2.24, 2.45) is 5.92 Å². The van der Waals surface area contributed by atoms with Crippen LogP contribution in [0.3, 0.4) is 0 Å². The van der Waals surface area contributed by atoms with Crippen molar-refractivity contribution in [3.05, 3.63) is 42.5 Å². The zero-order chi connectivity index (χ0) is 16.5. The maximum atomic E-state index is 13.3. The molecule has 0 aliphatic heterocycles. The molecule has 0 spiro atoms. The van der Waals surface area contributed by atoms with E-state index in [0.717, 1.165) is 23.6 Å². The van der Waals surface area contributed by atoms with Gasteiger partial charge in [-0.05, 0) is 58.1 Å². The minimum atomic E-state index is -3.49. The van der Waals surface area contributed by atoms with Crippen LogP contribution in [-0.4, -0.2) is 19.5 Å². The Labute approximate surface area is 144 Å². The highest BCUT2D eigenvalue weighted by atomic mass is 79.9. The molecule has 3 nitrogen and oxygen atoms in total. The van der Waals surface area contributed by atoms with E-state index in [1.54, 1.807) is 12.1 Å². The van der Waals surface area contributed by atoms with Crippen LogP contribution in [0.4, 0.5) is 4.39 Å². The van der Waals surface area contributed by atoms with E-state index in [1.165, 1.54) is 0 Å². The molecule has 1 saturated carbocycles. The van der Waals surface area contributed by atoms with Gasteiger partial charge in [0.2, 0.25) is 10.0 Å². The summed E-state index contributed by atoms with van der Waals surface area (Å²) in [7, 11) is -3.49. The van der Waals surface area contributed by atoms with Gasteiger partial charge in [-0.15, -0.1) is 0 Å². The zero-order valence-electron chi connectivity index (χ0n) is 12.6. The van der Waals surface area contributed by atoms with Gasteiger partial charge in [0.05, 0.1) is 4.90 Å². The van der Waals surface area contributed by atoms with E-state index < -0.39 is 14.6 Å². The Morgan fingerprint density at radius 1 is 1.17 bits per heavy atom. The molecule has 0 heterocycles. The second-order valence-corrected chi connectivity index (χ2v) is 9.15. The first-order valence-electron chi connectivity index (χ1n) is 7.75. The molecule has 124 valence electrons. The van der Waals surface area contributed by atoms with Gasteiger partial charge in [-0.3, -0.25) is 0 Å². The highest BCUT2D eigenvalue weighted by Crippen LogP contribution is 2.54. The van der Waals surface area contributed by atoms with Crippen molar-refractivity contribution in [1.29, 1.82) is 0 Å². The summed E-state index contributed by atoms with van der Waals surface area (Å²) in [6.07, 6.45) is 2.89. The van der Waals surface area contributed by atoms with E-state index in [2.05, 4.69) is 20.7 Å². The number of halogens is 2. The van der Waals surface area contributed by atoms with Crippen LogP contribution in [0.1, 0.15) is 25.7 Å². The van der Waals surface area contributed by atoms with Crippen LogP contribution in [0.15, 0.2) is 47.4 Å². The average Bonchev–Trinajstić information content (AvgIpc) is 3.13. The van der Waals surface area contributed by atoms with Gasteiger partial charge in [0.25, 0.3) is 0 Å². The third-order valence-electron chi connectivity index (χ3n) is 4.26. The second-order valence-electron chi connectivity index (χ2n) is 6.06. The summed E-state index contributed by atoms with van der Waals surface area (Å²) in [6, 6.07) is 12.8. The monoisotopic (exact) mass is 399 g/mol. The van der Waals surface area contributed by atoms with Gasteiger partial charge >= 0.3 is 0 Å². The molecule has 0 saturated heterocycles. The van der Waals surface area contributed by atoms with Crippen LogP contribution in [0.2, 0.25) is 0 Å². The van der Waals surface area contributed by atoms with Gasteiger partial charge in [-0.1, -0.05) is 36.8 Å². The second kappa shape index (κ2) is 6.49. The van der Waals surface area contributed by atoms with Crippen molar-refractivity contribution in [3.63, 3.8) is 0 Å². The maximum absolute atomic E-state index is 13.3. The summed E-state index contributed by atoms with van der Waals surface area (Å²) in [5.41, 5.74) is 0. The molecule has 2 aromatic rings. The minimum absolute atomic E-state index is 0.0830. The van der Waals surface area contributed by atoms with Gasteiger partial charge in [-0.25, -0.2) is 17.5 Å². The lowest BCUT2D eigenvalue weighted by Crippen LogP contribution is -2.24. The van der Waals surface area contributed by atoms with Gasteiger partial charge in [0.15, 0.2) is 4.58 Å². The number of rotatable bonds is 7. The van der Waals surface area contributed by atoms with Crippen molar-refractivity contribution in [2.75, 3.05) is 6.54 Å². The van der Waals surface area contributed by atoms with Crippen LogP contribution < -0.4 is 4.72 Å². The molecule has 2 unspecified atom stereocenters. The molecule has 2 aromatic carbocycles. The Morgan fingerprint density at radius 2 is 1.87 bits per heavy atom. The summed E-state index contributed by atoms with van der Waals surface area (Å²) in [4.78, 5) is 0.279. The summed E-state index contributed by atoms with van der Waals surface area (Å²) in [5.74, 6) is 0.0830. The molecule has 1 N–H and O–H groups in total. The lowest BCUT2D eigenvalue weighted by Gasteiger charge is -2.08. The minimum Gasteiger partial charge on any atom is -0.231 e. The Kier molecular flexibility index (Phi) is 4.76. The van der Waals surface area contributed by atoms with E-state index >= 15 is 0 Å². The van der Waals surface area contributed by atoms with E-state index in [0.29, 0.717) is 19.4 Å². The number of benzene rings is 2. The SMILES string of the molecule is O=S(=O)(NCCCCC1CC1(F)Br)c1ccc2ccccc2c1. The number of hydrogen-bond donors (Lipinski definition) is 1. The lowest BCUT2D eigenvalue weighted by molar-refractivity contribution is 0.401. The quantitative estimate of drug-likeness (QED) is 0.554. The van der Waals surface area contributed by atoms with Crippen molar-refractivity contribution < 1.29 is 12.8 Å². The number of sulfonamides is 1. The number of hydrogen-bond acceptors (Lipinski definition) is 2. The van der Waals surface area contributed by atoms with E-state index in [1.807, 2.05) is 30.3 Å². The number of fused-ring (bicyclic) bond motifs is 1. The molecule has 1 aliphatic carbocycles. The first kappa shape index (κ1) is 16.9. The molecule has 1 aliphatic rings. The normalized spacial score (nSPS) is 24.0. The number of alkyl halides is 2. The van der Waals surface area contributed by atoms with E-state index in [4.69, 9.17) is 0 Å². The zero-order valence-corrected chi connectivity index (χ0v) is 15.0. The van der Waals surface area contributed by atoms with Crippen LogP contribution in [0, 0.1) is 5.92 Å². The Hall–Kier alpha value is -0.980. The largest absolute Gasteiger partial charge is 0.240 e. The molecule has 0 amide bonds. The van der Waals surface area contributed by atoms with Gasteiger partial charge < -0.3 is 0 Å². The molecule has 0 radical (unpaired) electrons. The topological polar surface area (TPSA) is 46.2 Å². The average molecular weight is 400 g/mol. The highest BCUT2D eigenvalue weighted by Gasteiger charge is 2.52. The van der Waals surface area contributed by atoms with Crippen molar-refractivity contribution in [3.8, 4) is 0 Å². The fourth-order valence-electron chi connectivity index (χ4n) is 2.72. The van der Waals surface area contributed by atoms with E-state index in [-0.39, 0.29) is 10.8 Å². The third kappa shape index (κ3) is 4.11. The summed E-state index contributed by atoms with van der Waals surface area (Å²) < 4.78 is 39.4. The predicted molar refractivity (Wildman–Crippen MR) is 93.9 cm³/mol. The third-order valence-corrected chi connectivity index (χ3v) is 6.69. The Morgan fingerprint density at radius 3 is 2.57 bits per heavy atom. The molecule has 3 rings (SSSR count). The van der Waals surface area contributed by atoms with Crippen molar-refractivity contribution in [1.82, 2.24) is 4.72 Å². The van der Waals surface area contributed by atoms with Crippen LogP contribution in [0.5, 0.6) is 0 Å². The molecular formula is C17H19BrFNO2S. The maximum Gasteiger partial charge on any atom is 0.240 e. The fraction of sp³-hybridized carbons (Fsp3) is 0.412. The first-order chi connectivity index (χ1) is 10.9. The van der Waals surface area contributed by atoms with Crippen LogP contribution in [0.25, 0.3) is 10.8 Å².